The van der Waals surface area contributed by atoms with Crippen LogP contribution < -0.4 is 0 Å². The van der Waals surface area contributed by atoms with Gasteiger partial charge in [0, 0.05) is 1.43 Å². The van der Waals surface area contributed by atoms with E-state index >= 15 is 0 Å². The molecule has 0 amide bonds. The second kappa shape index (κ2) is 3.53. The van der Waals surface area contributed by atoms with E-state index in [-0.39, 0.29) is 1.43 Å². The lowest BCUT2D eigenvalue weighted by molar-refractivity contribution is 1.45. The van der Waals surface area contributed by atoms with Crippen LogP contribution in [0.25, 0.3) is 0 Å². The normalized spacial score (nSPS) is 6.50. The Morgan fingerprint density at radius 3 is 2.25 bits per heavy atom. The molecule has 0 spiro atoms. The van der Waals surface area contributed by atoms with Crippen molar-refractivity contribution < 1.29 is 1.43 Å². The molecule has 1 radical (unpaired) electrons. The molecule has 25 valence electrons. The Labute approximate surface area is 35.4 Å². The lowest BCUT2D eigenvalue weighted by Gasteiger charge is -1.62. The largest absolute Gasteiger partial charge is 0.195 e. The Morgan fingerprint density at radius 2 is 2.25 bits per heavy atom. The monoisotopic (exact) mass is 73.1 g/mol. The molecule has 0 rings (SSSR count). The van der Waals surface area contributed by atoms with Crippen molar-refractivity contribution in [2.24, 2.45) is 0 Å². The Balaban J connectivity index is 0. The quantitative estimate of drug-likeness (QED) is 0.412. The van der Waals surface area contributed by atoms with Gasteiger partial charge in [-0.3, -0.25) is 0 Å². The van der Waals surface area contributed by atoms with Crippen LogP contribution in [0.2, 0.25) is 11.1 Å². The summed E-state index contributed by atoms with van der Waals surface area (Å²) < 4.78 is 0. The highest BCUT2D eigenvalue weighted by molar-refractivity contribution is 6.33. The molecular weight excluding hydrogens is 63.0 g/mol. The average molecular weight is 73.1 g/mol. The van der Waals surface area contributed by atoms with Crippen LogP contribution in [0, 0.1) is 0 Å². The van der Waals surface area contributed by atoms with Crippen molar-refractivity contribution >= 4 is 15.2 Å². The molecule has 0 nitrogen and oxygen atoms in total. The minimum absolute atomic E-state index is 0. The fourth-order valence-electron chi connectivity index (χ4n) is 0. The SMILES string of the molecule is C[CH2][Al][CH3].[HH]. The second-order valence-electron chi connectivity index (χ2n) is 0.816. The topological polar surface area (TPSA) is 0 Å². The van der Waals surface area contributed by atoms with Crippen LogP contribution in [0.5, 0.6) is 0 Å². The first-order valence-corrected chi connectivity index (χ1v) is 3.66. The minimum Gasteiger partial charge on any atom is -0.115 e. The van der Waals surface area contributed by atoms with Gasteiger partial charge in [0.05, 0.1) is 0 Å². The fourth-order valence-corrected chi connectivity index (χ4v) is 0. The van der Waals surface area contributed by atoms with Gasteiger partial charge in [-0.1, -0.05) is 6.92 Å². The van der Waals surface area contributed by atoms with Crippen LogP contribution in [0.15, 0.2) is 0 Å². The fraction of sp³-hybridized carbons (Fsp3) is 1.00. The lowest BCUT2D eigenvalue weighted by Crippen LogP contribution is -1.67. The van der Waals surface area contributed by atoms with E-state index in [4.69, 9.17) is 0 Å². The van der Waals surface area contributed by atoms with Gasteiger partial charge < -0.3 is 0 Å². The van der Waals surface area contributed by atoms with Gasteiger partial charge in [0.1, 0.15) is 0 Å². The molecular formula is C3H10Al. The predicted octanol–water partition coefficient (Wildman–Crippen LogP) is 1.42. The summed E-state index contributed by atoms with van der Waals surface area (Å²) in [5, 5.41) is 1.40. The van der Waals surface area contributed by atoms with Crippen LogP contribution in [-0.2, 0) is 0 Å². The maximum atomic E-state index is 2.26. The Kier molecular flexibility index (Phi) is 4.00. The molecule has 0 aliphatic carbocycles. The van der Waals surface area contributed by atoms with Crippen molar-refractivity contribution in [3.05, 3.63) is 0 Å². The van der Waals surface area contributed by atoms with E-state index in [1.807, 2.05) is 0 Å². The Bertz CT molecular complexity index is 8.85. The van der Waals surface area contributed by atoms with Gasteiger partial charge in [0.2, 0.25) is 0 Å². The number of rotatable bonds is 1. The molecule has 0 atom stereocenters. The first-order valence-electron chi connectivity index (χ1n) is 1.69. The molecule has 0 saturated heterocycles. The van der Waals surface area contributed by atoms with E-state index in [2.05, 4.69) is 12.7 Å². The summed E-state index contributed by atoms with van der Waals surface area (Å²) in [7, 11) is 0. The highest BCUT2D eigenvalue weighted by Crippen LogP contribution is 1.64. The van der Waals surface area contributed by atoms with Gasteiger partial charge in [-0.2, -0.15) is 0 Å². The summed E-state index contributed by atoms with van der Waals surface area (Å²) in [6.07, 6.45) is 0. The van der Waals surface area contributed by atoms with Gasteiger partial charge in [-0.25, -0.2) is 0 Å². The summed E-state index contributed by atoms with van der Waals surface area (Å²) in [6.45, 7) is 2.22. The number of hydrogen-bond donors (Lipinski definition) is 0. The van der Waals surface area contributed by atoms with E-state index in [0.29, 0.717) is 0 Å². The van der Waals surface area contributed by atoms with Crippen molar-refractivity contribution in [2.45, 2.75) is 18.0 Å². The van der Waals surface area contributed by atoms with Crippen LogP contribution in [0.1, 0.15) is 8.35 Å². The van der Waals surface area contributed by atoms with Crippen molar-refractivity contribution in [3.8, 4) is 0 Å². The summed E-state index contributed by atoms with van der Waals surface area (Å²) >= 11 is 0.782. The maximum Gasteiger partial charge on any atom is 0.195 e. The summed E-state index contributed by atoms with van der Waals surface area (Å²) in [6, 6.07) is 0. The zero-order valence-electron chi connectivity index (χ0n) is 3.28. The average Bonchev–Trinajstić information content (AvgIpc) is 1.37. The van der Waals surface area contributed by atoms with Gasteiger partial charge in [-0.15, -0.1) is 11.1 Å². The summed E-state index contributed by atoms with van der Waals surface area (Å²) in [5.74, 6) is 2.26. The van der Waals surface area contributed by atoms with Crippen molar-refractivity contribution in [1.29, 1.82) is 0 Å². The third kappa shape index (κ3) is 2.53. The standard InChI is InChI=1S/C2H5.CH3.Al.H2/c1-2;;;/h1H2,2H3;1H3;;1H. The first-order chi connectivity index (χ1) is 1.91. The maximum absolute atomic E-state index is 2.26. The van der Waals surface area contributed by atoms with Crippen LogP contribution in [0.3, 0.4) is 0 Å². The molecule has 0 aliphatic heterocycles. The molecule has 0 bridgehead atoms. The van der Waals surface area contributed by atoms with E-state index in [1.165, 1.54) is 5.28 Å². The Morgan fingerprint density at radius 1 is 2.00 bits per heavy atom. The van der Waals surface area contributed by atoms with Crippen LogP contribution in [-0.4, -0.2) is 15.2 Å². The summed E-state index contributed by atoms with van der Waals surface area (Å²) in [5.41, 5.74) is 0. The zero-order chi connectivity index (χ0) is 3.41. The molecule has 0 fully saturated rings. The van der Waals surface area contributed by atoms with E-state index in [0.717, 1.165) is 15.2 Å². The molecule has 1 heteroatoms. The molecule has 0 heterocycles. The highest BCUT2D eigenvalue weighted by Gasteiger charge is 1.63. The van der Waals surface area contributed by atoms with Crippen molar-refractivity contribution in [1.82, 2.24) is 0 Å². The van der Waals surface area contributed by atoms with Gasteiger partial charge in [0.25, 0.3) is 0 Å². The van der Waals surface area contributed by atoms with Crippen molar-refractivity contribution in [2.75, 3.05) is 0 Å². The third-order valence-electron chi connectivity index (χ3n) is 0.408. The molecule has 0 saturated carbocycles. The first kappa shape index (κ1) is 4.53. The molecule has 0 aliphatic rings. The minimum atomic E-state index is 0. The second-order valence-corrected chi connectivity index (χ2v) is 2.45. The predicted molar refractivity (Wildman–Crippen MR) is 24.2 cm³/mol. The van der Waals surface area contributed by atoms with Crippen LogP contribution >= 0.6 is 0 Å². The molecule has 0 N–H and O–H groups in total. The third-order valence-corrected chi connectivity index (χ3v) is 1.22. The molecule has 0 aromatic carbocycles. The molecule has 0 aromatic rings. The van der Waals surface area contributed by atoms with Gasteiger partial charge >= 0.3 is 0 Å². The molecule has 0 unspecified atom stereocenters. The zero-order valence-corrected chi connectivity index (χ0v) is 4.44. The van der Waals surface area contributed by atoms with Gasteiger partial charge in [0.15, 0.2) is 15.2 Å². The Hall–Kier alpha value is 0.532. The lowest BCUT2D eigenvalue weighted by atomic mass is 11.0. The van der Waals surface area contributed by atoms with Crippen molar-refractivity contribution in [3.63, 3.8) is 0 Å². The smallest absolute Gasteiger partial charge is 0.115 e. The molecule has 4 heavy (non-hydrogen) atoms. The highest BCUT2D eigenvalue weighted by atomic mass is 27.1. The van der Waals surface area contributed by atoms with E-state index in [9.17, 15) is 0 Å². The summed E-state index contributed by atoms with van der Waals surface area (Å²) in [4.78, 5) is 0. The van der Waals surface area contributed by atoms with E-state index in [1.54, 1.807) is 0 Å². The number of hydrogen-bond acceptors (Lipinski definition) is 0. The van der Waals surface area contributed by atoms with Gasteiger partial charge in [-0.05, 0) is 0 Å². The molecule has 0 aromatic heterocycles. The van der Waals surface area contributed by atoms with E-state index < -0.39 is 0 Å². The van der Waals surface area contributed by atoms with Crippen LogP contribution in [0.4, 0.5) is 0 Å².